The third-order valence-corrected chi connectivity index (χ3v) is 10.7. The first-order chi connectivity index (χ1) is 18.7. The zero-order valence-corrected chi connectivity index (χ0v) is 24.0. The van der Waals surface area contributed by atoms with Crippen LogP contribution >= 0.6 is 0 Å². The molecule has 6 rings (SSSR count). The van der Waals surface area contributed by atoms with Gasteiger partial charge in [0, 0.05) is 12.6 Å². The maximum atomic E-state index is 12.6. The van der Waals surface area contributed by atoms with Crippen LogP contribution in [0.1, 0.15) is 81.3 Å². The first-order valence-corrected chi connectivity index (χ1v) is 15.4. The highest BCUT2D eigenvalue weighted by Crippen LogP contribution is 2.40. The van der Waals surface area contributed by atoms with Gasteiger partial charge in [-0.2, -0.15) is 4.31 Å². The quantitative estimate of drug-likeness (QED) is 0.376. The summed E-state index contributed by atoms with van der Waals surface area (Å²) in [6.07, 6.45) is 3.49. The Morgan fingerprint density at radius 2 is 1.26 bits per heavy atom. The molecule has 0 spiro atoms. The number of carbonyl (C=O) groups excluding carboxylic acids is 1. The second-order valence-corrected chi connectivity index (χ2v) is 13.4. The van der Waals surface area contributed by atoms with E-state index in [1.165, 1.54) is 24.1 Å². The van der Waals surface area contributed by atoms with Crippen LogP contribution in [0.15, 0.2) is 91.0 Å². The fraction of sp³-hybridized carbons (Fsp3) is 0.406. The van der Waals surface area contributed by atoms with Crippen molar-refractivity contribution in [1.82, 2.24) is 14.9 Å². The summed E-state index contributed by atoms with van der Waals surface area (Å²) >= 11 is 0. The van der Waals surface area contributed by atoms with Gasteiger partial charge in [-0.1, -0.05) is 97.9 Å². The molecule has 3 heterocycles. The topological polar surface area (TPSA) is 78.5 Å². The lowest BCUT2D eigenvalue weighted by Gasteiger charge is -2.44. The van der Waals surface area contributed by atoms with E-state index < -0.39 is 14.8 Å². The van der Waals surface area contributed by atoms with Crippen molar-refractivity contribution < 1.29 is 13.2 Å². The van der Waals surface area contributed by atoms with E-state index in [2.05, 4.69) is 41.0 Å². The Labute approximate surface area is 233 Å². The normalized spacial score (nSPS) is 22.3. The summed E-state index contributed by atoms with van der Waals surface area (Å²) < 4.78 is 26.1. The number of rotatable bonds is 6. The summed E-state index contributed by atoms with van der Waals surface area (Å²) in [5.74, 6) is 0.152. The van der Waals surface area contributed by atoms with Crippen LogP contribution in [0.3, 0.4) is 0 Å². The maximum absolute atomic E-state index is 12.6. The molecular weight excluding hydrogens is 506 g/mol. The molecule has 3 aliphatic heterocycles. The van der Waals surface area contributed by atoms with Gasteiger partial charge in [-0.25, -0.2) is 8.42 Å². The second-order valence-electron chi connectivity index (χ2n) is 10.9. The van der Waals surface area contributed by atoms with Gasteiger partial charge >= 0.3 is 0 Å². The standard InChI is InChI=1S/C14H21NO2S.C9H9NO.C9H11N/c1-4-14(2,3)18(16,17)15-11-10-13(15)12-8-6-5-7-9-12;11-9-6-8(10-9)7-4-2-1-3-5-7;1-2-4-8(5-3-1)9-6-7-10-9/h5-9,13H,4,10-11H2,1-3H3;1-5,8H,6H2,(H,10,11);1-5,9-10H,6-7H2/t13-;8-;9-/m000/s1. The van der Waals surface area contributed by atoms with Crippen LogP contribution in [0, 0.1) is 0 Å². The lowest BCUT2D eigenvalue weighted by molar-refractivity contribution is -0.128. The van der Waals surface area contributed by atoms with E-state index in [-0.39, 0.29) is 18.0 Å². The highest BCUT2D eigenvalue weighted by Gasteiger charge is 2.45. The number of hydrogen-bond acceptors (Lipinski definition) is 4. The molecular formula is C32H41N3O3S. The van der Waals surface area contributed by atoms with Gasteiger partial charge in [-0.3, -0.25) is 4.79 Å². The molecule has 0 aliphatic carbocycles. The zero-order chi connectivity index (χ0) is 27.9. The van der Waals surface area contributed by atoms with Gasteiger partial charge in [0.05, 0.1) is 23.3 Å². The number of sulfonamides is 1. The zero-order valence-electron chi connectivity index (χ0n) is 23.2. The van der Waals surface area contributed by atoms with E-state index in [4.69, 9.17) is 0 Å². The van der Waals surface area contributed by atoms with Crippen molar-refractivity contribution in [3.05, 3.63) is 108 Å². The molecule has 0 radical (unpaired) electrons. The summed E-state index contributed by atoms with van der Waals surface area (Å²) in [5.41, 5.74) is 3.72. The molecule has 3 atom stereocenters. The lowest BCUT2D eigenvalue weighted by Crippen LogP contribution is -2.52. The van der Waals surface area contributed by atoms with Crippen LogP contribution in [0.25, 0.3) is 0 Å². The maximum Gasteiger partial charge on any atom is 0.222 e. The van der Waals surface area contributed by atoms with Crippen LogP contribution in [-0.4, -0.2) is 36.5 Å². The number of nitrogens with zero attached hydrogens (tertiary/aromatic N) is 1. The molecule has 3 aromatic rings. The van der Waals surface area contributed by atoms with Crippen molar-refractivity contribution in [2.45, 2.75) is 69.3 Å². The summed E-state index contributed by atoms with van der Waals surface area (Å²) in [5, 5.41) is 6.18. The first-order valence-electron chi connectivity index (χ1n) is 13.9. The Bertz CT molecular complexity index is 1290. The Hall–Kier alpha value is -3.00. The fourth-order valence-electron chi connectivity index (χ4n) is 4.66. The summed E-state index contributed by atoms with van der Waals surface area (Å²) in [6, 6.07) is 31.4. The first kappa shape index (κ1) is 29.0. The van der Waals surface area contributed by atoms with Crippen molar-refractivity contribution in [2.75, 3.05) is 13.1 Å². The molecule has 208 valence electrons. The smallest absolute Gasteiger partial charge is 0.222 e. The molecule has 2 N–H and O–H groups in total. The Balaban J connectivity index is 0.000000144. The molecule has 3 aliphatic rings. The minimum Gasteiger partial charge on any atom is -0.349 e. The predicted octanol–water partition coefficient (Wildman–Crippen LogP) is 5.92. The van der Waals surface area contributed by atoms with E-state index in [0.29, 0.717) is 25.4 Å². The molecule has 7 heteroatoms. The van der Waals surface area contributed by atoms with Gasteiger partial charge in [0.15, 0.2) is 0 Å². The van der Waals surface area contributed by atoms with Gasteiger partial charge in [0.2, 0.25) is 15.9 Å². The van der Waals surface area contributed by atoms with Crippen LogP contribution in [0.2, 0.25) is 0 Å². The molecule has 6 nitrogen and oxygen atoms in total. The van der Waals surface area contributed by atoms with Crippen LogP contribution in [0.5, 0.6) is 0 Å². The third-order valence-electron chi connectivity index (χ3n) is 7.97. The summed E-state index contributed by atoms with van der Waals surface area (Å²) in [7, 11) is -3.22. The SMILES string of the molecule is CCC(C)(C)S(=O)(=O)N1CC[C@H]1c1ccccc1.O=C1C[C@@H](c2ccccc2)N1.c1ccc([C@@H]2CCN2)cc1. The molecule has 0 unspecified atom stereocenters. The van der Waals surface area contributed by atoms with E-state index >= 15 is 0 Å². The molecule has 3 saturated heterocycles. The monoisotopic (exact) mass is 547 g/mol. The van der Waals surface area contributed by atoms with Crippen molar-refractivity contribution in [3.63, 3.8) is 0 Å². The van der Waals surface area contributed by atoms with E-state index in [0.717, 1.165) is 12.0 Å². The van der Waals surface area contributed by atoms with Crippen molar-refractivity contribution in [3.8, 4) is 0 Å². The molecule has 1 amide bonds. The van der Waals surface area contributed by atoms with E-state index in [1.54, 1.807) is 4.31 Å². The average Bonchev–Trinajstić information content (AvgIpc) is 2.87. The number of benzene rings is 3. The molecule has 0 saturated carbocycles. The molecule has 3 fully saturated rings. The predicted molar refractivity (Wildman–Crippen MR) is 158 cm³/mol. The van der Waals surface area contributed by atoms with Crippen molar-refractivity contribution in [2.24, 2.45) is 0 Å². The van der Waals surface area contributed by atoms with E-state index in [1.807, 2.05) is 81.4 Å². The van der Waals surface area contributed by atoms with Gasteiger partial charge in [0.1, 0.15) is 0 Å². The van der Waals surface area contributed by atoms with Gasteiger partial charge in [0.25, 0.3) is 0 Å². The molecule has 0 aromatic heterocycles. The second kappa shape index (κ2) is 12.9. The number of amides is 1. The number of hydrogen-bond donors (Lipinski definition) is 2. The number of carbonyl (C=O) groups is 1. The molecule has 0 bridgehead atoms. The lowest BCUT2D eigenvalue weighted by atomic mass is 9.98. The Kier molecular flexibility index (Phi) is 9.59. The van der Waals surface area contributed by atoms with Crippen LogP contribution in [-0.2, 0) is 14.8 Å². The fourth-order valence-corrected chi connectivity index (χ4v) is 6.57. The minimum atomic E-state index is -3.22. The Morgan fingerprint density at radius 1 is 0.795 bits per heavy atom. The average molecular weight is 548 g/mol. The van der Waals surface area contributed by atoms with Crippen molar-refractivity contribution >= 4 is 15.9 Å². The van der Waals surface area contributed by atoms with Gasteiger partial charge in [-0.15, -0.1) is 0 Å². The molecule has 39 heavy (non-hydrogen) atoms. The number of nitrogens with one attached hydrogen (secondary N) is 2. The van der Waals surface area contributed by atoms with Crippen LogP contribution in [0.4, 0.5) is 0 Å². The number of β-lactam (4-membered cyclic amide) rings is 1. The summed E-state index contributed by atoms with van der Waals surface area (Å²) in [4.78, 5) is 10.6. The highest BCUT2D eigenvalue weighted by atomic mass is 32.2. The van der Waals surface area contributed by atoms with Crippen molar-refractivity contribution in [1.29, 1.82) is 0 Å². The minimum absolute atomic E-state index is 0.0297. The Morgan fingerprint density at radius 3 is 1.62 bits per heavy atom. The largest absolute Gasteiger partial charge is 0.349 e. The van der Waals surface area contributed by atoms with Crippen LogP contribution < -0.4 is 10.6 Å². The van der Waals surface area contributed by atoms with E-state index in [9.17, 15) is 13.2 Å². The highest BCUT2D eigenvalue weighted by molar-refractivity contribution is 7.90. The van der Waals surface area contributed by atoms with Gasteiger partial charge < -0.3 is 10.6 Å². The van der Waals surface area contributed by atoms with Gasteiger partial charge in [-0.05, 0) is 56.3 Å². The third kappa shape index (κ3) is 6.96. The molecule has 3 aromatic carbocycles. The summed E-state index contributed by atoms with van der Waals surface area (Å²) in [6.45, 7) is 7.37.